The minimum Gasteiger partial charge on any atom is -0.319 e. The van der Waals surface area contributed by atoms with Crippen molar-refractivity contribution in [3.8, 4) is 11.4 Å². The Hall–Kier alpha value is -1.63. The van der Waals surface area contributed by atoms with Crippen LogP contribution >= 0.6 is 35.3 Å². The molecule has 0 radical (unpaired) electrons. The van der Waals surface area contributed by atoms with E-state index >= 15 is 0 Å². The van der Waals surface area contributed by atoms with Crippen LogP contribution in [0.1, 0.15) is 0 Å². The maximum absolute atomic E-state index is 4.89. The van der Waals surface area contributed by atoms with Crippen LogP contribution in [-0.4, -0.2) is 8.66 Å². The van der Waals surface area contributed by atoms with Crippen LogP contribution in [0.4, 0.5) is 0 Å². The van der Waals surface area contributed by atoms with Crippen molar-refractivity contribution in [3.63, 3.8) is 0 Å². The molecule has 0 saturated heterocycles. The number of halogens is 2. The van der Waals surface area contributed by atoms with Crippen molar-refractivity contribution in [1.29, 1.82) is 0 Å². The summed E-state index contributed by atoms with van der Waals surface area (Å²) in [6.45, 7) is 0. The van der Waals surface area contributed by atoms with Gasteiger partial charge >= 0.3 is 35.6 Å². The fourth-order valence-electron chi connectivity index (χ4n) is 3.38. The maximum Gasteiger partial charge on any atom is 0.0166 e. The van der Waals surface area contributed by atoms with Crippen LogP contribution in [0.5, 0.6) is 0 Å². The van der Waals surface area contributed by atoms with Crippen molar-refractivity contribution >= 4 is 56.9 Å². The summed E-state index contributed by atoms with van der Waals surface area (Å²) in [6.07, 6.45) is 4.21. The van der Waals surface area contributed by atoms with Crippen molar-refractivity contribution in [3.05, 3.63) is 109 Å². The van der Waals surface area contributed by atoms with E-state index in [-0.39, 0.29) is 0 Å². The maximum atomic E-state index is 4.89. The van der Waals surface area contributed by atoms with E-state index < -0.39 is 17.0 Å². The molecule has 154 valence electrons. The molecule has 0 aliphatic rings. The molecule has 6 aromatic rings. The number of aromatic nitrogens is 2. The summed E-state index contributed by atoms with van der Waals surface area (Å²) in [6, 6.07) is 30.0. The zero-order valence-corrected chi connectivity index (χ0v) is 21.3. The summed E-state index contributed by atoms with van der Waals surface area (Å²) in [5.74, 6) is 4.27. The molecule has 4 aromatic carbocycles. The van der Waals surface area contributed by atoms with Crippen LogP contribution in [-0.2, 0) is 17.0 Å². The Morgan fingerprint density at radius 1 is 0.645 bits per heavy atom. The third-order valence-electron chi connectivity index (χ3n) is 4.74. The average Bonchev–Trinajstić information content (AvgIpc) is 3.60. The fourth-order valence-corrected chi connectivity index (χ4v) is 4.78. The number of rotatable bonds is 2. The van der Waals surface area contributed by atoms with Gasteiger partial charge in [0.15, 0.2) is 0 Å². The second-order valence-electron chi connectivity index (χ2n) is 6.66. The van der Waals surface area contributed by atoms with Crippen LogP contribution in [0.15, 0.2) is 109 Å². The van der Waals surface area contributed by atoms with Gasteiger partial charge in [0.25, 0.3) is 0 Å². The van der Waals surface area contributed by atoms with E-state index in [0.717, 1.165) is 0 Å². The van der Waals surface area contributed by atoms with Gasteiger partial charge in [-0.25, -0.2) is 0 Å². The van der Waals surface area contributed by atoms with Crippen LogP contribution in [0, 0.1) is 0 Å². The zero-order chi connectivity index (χ0) is 21.5. The first-order valence-corrected chi connectivity index (χ1v) is 15.7. The molecule has 0 unspecified atom stereocenters. The van der Waals surface area contributed by atoms with E-state index in [2.05, 4.69) is 118 Å². The van der Waals surface area contributed by atoms with E-state index in [0.29, 0.717) is 0 Å². The Morgan fingerprint density at radius 3 is 1.42 bits per heavy atom. The molecule has 0 spiro atoms. The molecule has 2 heterocycles. The second-order valence-corrected chi connectivity index (χ2v) is 11.2. The minimum atomic E-state index is -0.556. The quantitative estimate of drug-likeness (QED) is 0.161. The smallest absolute Gasteiger partial charge is 0.0166 e. The van der Waals surface area contributed by atoms with E-state index in [1.54, 1.807) is 0 Å². The van der Waals surface area contributed by atoms with Crippen molar-refractivity contribution in [1.82, 2.24) is 8.66 Å². The van der Waals surface area contributed by atoms with Gasteiger partial charge in [0, 0.05) is 29.1 Å². The Bertz CT molecular complexity index is 1170. The van der Waals surface area contributed by atoms with Crippen LogP contribution in [0.2, 0.25) is 0 Å². The number of benzene rings is 2. The van der Waals surface area contributed by atoms with Crippen LogP contribution in [0.25, 0.3) is 32.9 Å². The largest absolute Gasteiger partial charge is 0.319 e. The van der Waals surface area contributed by atoms with E-state index in [1.165, 1.54) is 49.6 Å². The monoisotopic (exact) mass is 514 g/mol. The topological polar surface area (TPSA) is 9.86 Å². The van der Waals surface area contributed by atoms with Crippen molar-refractivity contribution in [2.75, 3.05) is 0 Å². The molecule has 2 aromatic heterocycles. The SMILES string of the molecule is [Cl][Ti][Cl].c1ccc2[cH-]c(-n3cccp3)cc2c1.c1ccc2[cH-]c(-n3cccp3)cc2c1. The summed E-state index contributed by atoms with van der Waals surface area (Å²) in [4.78, 5) is 0. The van der Waals surface area contributed by atoms with Gasteiger partial charge in [-0.05, 0) is 35.1 Å². The summed E-state index contributed by atoms with van der Waals surface area (Å²) in [5.41, 5.74) is 2.55. The number of fused-ring (bicyclic) bond motifs is 2. The Balaban J connectivity index is 0.000000133. The minimum absolute atomic E-state index is 0.556. The molecule has 0 aliphatic heterocycles. The molecule has 0 saturated carbocycles. The van der Waals surface area contributed by atoms with Gasteiger partial charge in [-0.1, -0.05) is 12.1 Å². The van der Waals surface area contributed by atoms with Gasteiger partial charge in [0.2, 0.25) is 0 Å². The molecule has 2 nitrogen and oxygen atoms in total. The van der Waals surface area contributed by atoms with Crippen molar-refractivity contribution in [2.24, 2.45) is 0 Å². The molecule has 0 fully saturated rings. The third kappa shape index (κ3) is 5.79. The van der Waals surface area contributed by atoms with E-state index in [9.17, 15) is 0 Å². The van der Waals surface area contributed by atoms with Gasteiger partial charge in [-0.15, -0.1) is 82.2 Å². The first-order valence-electron chi connectivity index (χ1n) is 9.56. The molecular formula is C24H18Cl2N2P2Ti-2. The predicted octanol–water partition coefficient (Wildman–Crippen LogP) is 9.24. The summed E-state index contributed by atoms with van der Waals surface area (Å²) in [5, 5.41) is 5.27. The molecule has 6 rings (SSSR count). The van der Waals surface area contributed by atoms with Gasteiger partial charge in [0.1, 0.15) is 0 Å². The summed E-state index contributed by atoms with van der Waals surface area (Å²) < 4.78 is 4.44. The van der Waals surface area contributed by atoms with Crippen molar-refractivity contribution in [2.45, 2.75) is 0 Å². The Labute approximate surface area is 201 Å². The summed E-state index contributed by atoms with van der Waals surface area (Å²) in [7, 11) is 12.2. The Kier molecular flexibility index (Phi) is 8.23. The van der Waals surface area contributed by atoms with Gasteiger partial charge in [0.05, 0.1) is 0 Å². The van der Waals surface area contributed by atoms with Gasteiger partial charge in [-0.3, -0.25) is 0 Å². The first kappa shape index (κ1) is 22.6. The average molecular weight is 515 g/mol. The molecular weight excluding hydrogens is 497 g/mol. The number of nitrogens with zero attached hydrogens (tertiary/aromatic N) is 2. The molecule has 0 aliphatic carbocycles. The van der Waals surface area contributed by atoms with E-state index in [1.807, 2.05) is 0 Å². The standard InChI is InChI=1S/2C12H9NP.2ClH.Ti/c2*1-2-5-11-9-12(8-10(11)4-1)13-6-3-7-14-13;;;/h2*1-9H;2*1H;/q2*-1;;;+2/p-2. The number of hydrogen-bond donors (Lipinski definition) is 0. The predicted molar refractivity (Wildman–Crippen MR) is 134 cm³/mol. The normalized spacial score (nSPS) is 10.8. The second kappa shape index (κ2) is 11.3. The zero-order valence-electron chi connectivity index (χ0n) is 16.4. The van der Waals surface area contributed by atoms with E-state index in [4.69, 9.17) is 18.6 Å². The van der Waals surface area contributed by atoms with Crippen molar-refractivity contribution < 1.29 is 17.0 Å². The van der Waals surface area contributed by atoms with Crippen LogP contribution in [0.3, 0.4) is 0 Å². The molecule has 0 N–H and O–H groups in total. The molecule has 31 heavy (non-hydrogen) atoms. The molecule has 0 amide bonds. The number of hydrogen-bond acceptors (Lipinski definition) is 0. The molecule has 0 bridgehead atoms. The molecule has 0 atom stereocenters. The Morgan fingerprint density at radius 2 is 1.06 bits per heavy atom. The van der Waals surface area contributed by atoms with Gasteiger partial charge < -0.3 is 8.66 Å². The summed E-state index contributed by atoms with van der Waals surface area (Å²) >= 11 is -0.556. The third-order valence-corrected chi connectivity index (χ3v) is 6.58. The molecule has 7 heteroatoms. The van der Waals surface area contributed by atoms with Gasteiger partial charge in [-0.2, -0.15) is 0 Å². The van der Waals surface area contributed by atoms with Crippen LogP contribution < -0.4 is 0 Å². The fraction of sp³-hybridized carbons (Fsp3) is 0. The first-order chi connectivity index (χ1) is 15.3.